The van der Waals surface area contributed by atoms with Crippen LogP contribution >= 0.6 is 0 Å². The van der Waals surface area contributed by atoms with Crippen LogP contribution in [0.5, 0.6) is 0 Å². The van der Waals surface area contributed by atoms with E-state index >= 15 is 0 Å². The summed E-state index contributed by atoms with van der Waals surface area (Å²) in [6.45, 7) is 3.77. The third-order valence-electron chi connectivity index (χ3n) is 3.25. The molecule has 1 aromatic heterocycles. The van der Waals surface area contributed by atoms with E-state index in [4.69, 9.17) is 5.73 Å². The van der Waals surface area contributed by atoms with Gasteiger partial charge in [-0.1, -0.05) is 30.3 Å². The minimum Gasteiger partial charge on any atom is -0.395 e. The molecule has 5 heteroatoms. The molecule has 1 atom stereocenters. The van der Waals surface area contributed by atoms with Crippen LogP contribution in [0, 0.1) is 6.92 Å². The number of anilines is 1. The van der Waals surface area contributed by atoms with Crippen LogP contribution in [-0.2, 0) is 13.5 Å². The Labute approximate surface area is 118 Å². The van der Waals surface area contributed by atoms with Crippen LogP contribution in [0.2, 0.25) is 0 Å². The number of nitrogen functional groups attached to an aromatic ring is 1. The number of nitrogens with zero attached hydrogens (tertiary/aromatic N) is 2. The number of hydrogen-bond acceptors (Lipinski definition) is 3. The fourth-order valence-electron chi connectivity index (χ4n) is 2.25. The summed E-state index contributed by atoms with van der Waals surface area (Å²) in [5.74, 6) is -0.186. The number of aromatic nitrogens is 2. The van der Waals surface area contributed by atoms with Crippen LogP contribution in [0.1, 0.15) is 28.7 Å². The third-order valence-corrected chi connectivity index (χ3v) is 3.25. The first-order chi connectivity index (χ1) is 9.49. The fourth-order valence-corrected chi connectivity index (χ4v) is 2.25. The molecule has 2 aromatic rings. The van der Waals surface area contributed by atoms with Gasteiger partial charge < -0.3 is 11.1 Å². The van der Waals surface area contributed by atoms with Crippen molar-refractivity contribution in [3.8, 4) is 0 Å². The van der Waals surface area contributed by atoms with Crippen LogP contribution in [0.25, 0.3) is 0 Å². The van der Waals surface area contributed by atoms with Crippen molar-refractivity contribution >= 4 is 11.6 Å². The molecular formula is C15H20N4O. The molecule has 0 spiro atoms. The topological polar surface area (TPSA) is 72.9 Å². The van der Waals surface area contributed by atoms with Gasteiger partial charge in [-0.3, -0.25) is 9.48 Å². The second-order valence-electron chi connectivity index (χ2n) is 5.04. The molecule has 0 saturated heterocycles. The average Bonchev–Trinajstić information content (AvgIpc) is 2.64. The van der Waals surface area contributed by atoms with Gasteiger partial charge in [0, 0.05) is 13.1 Å². The van der Waals surface area contributed by atoms with Gasteiger partial charge in [-0.05, 0) is 25.8 Å². The van der Waals surface area contributed by atoms with Crippen molar-refractivity contribution in [3.05, 3.63) is 47.3 Å². The van der Waals surface area contributed by atoms with Gasteiger partial charge >= 0.3 is 0 Å². The molecule has 0 aliphatic rings. The maximum atomic E-state index is 12.2. The molecule has 0 aliphatic heterocycles. The molecule has 3 N–H and O–H groups in total. The Balaban J connectivity index is 2.04. The van der Waals surface area contributed by atoms with Gasteiger partial charge in [-0.25, -0.2) is 0 Å². The lowest BCUT2D eigenvalue weighted by Crippen LogP contribution is -2.35. The summed E-state index contributed by atoms with van der Waals surface area (Å²) in [5.41, 5.74) is 8.61. The normalized spacial score (nSPS) is 12.2. The molecule has 1 heterocycles. The van der Waals surface area contributed by atoms with Gasteiger partial charge in [0.2, 0.25) is 0 Å². The van der Waals surface area contributed by atoms with Crippen molar-refractivity contribution in [3.63, 3.8) is 0 Å². The molecule has 1 amide bonds. The molecule has 0 fully saturated rings. The SMILES string of the molecule is Cc1nn(C)c(C(=O)NC(C)Cc2ccccc2)c1N. The number of aryl methyl sites for hydroxylation is 2. The molecule has 0 bridgehead atoms. The molecule has 20 heavy (non-hydrogen) atoms. The second kappa shape index (κ2) is 5.77. The summed E-state index contributed by atoms with van der Waals surface area (Å²) < 4.78 is 1.52. The Morgan fingerprint density at radius 2 is 2.05 bits per heavy atom. The number of carbonyl (C=O) groups is 1. The van der Waals surface area contributed by atoms with Gasteiger partial charge in [0.05, 0.1) is 11.4 Å². The van der Waals surface area contributed by atoms with E-state index in [1.54, 1.807) is 14.0 Å². The van der Waals surface area contributed by atoms with Crippen LogP contribution < -0.4 is 11.1 Å². The Hall–Kier alpha value is -2.30. The molecular weight excluding hydrogens is 252 g/mol. The number of amides is 1. The Morgan fingerprint density at radius 3 is 2.60 bits per heavy atom. The van der Waals surface area contributed by atoms with E-state index in [1.165, 1.54) is 10.2 Å². The predicted octanol–water partition coefficient (Wildman–Crippen LogP) is 1.67. The van der Waals surface area contributed by atoms with Crippen molar-refractivity contribution in [2.24, 2.45) is 7.05 Å². The third kappa shape index (κ3) is 2.99. The number of nitrogens with one attached hydrogen (secondary N) is 1. The van der Waals surface area contributed by atoms with E-state index in [0.29, 0.717) is 17.1 Å². The summed E-state index contributed by atoms with van der Waals surface area (Å²) in [6.07, 6.45) is 0.781. The number of carbonyl (C=O) groups excluding carboxylic acids is 1. The summed E-state index contributed by atoms with van der Waals surface area (Å²) >= 11 is 0. The van der Waals surface area contributed by atoms with Crippen molar-refractivity contribution < 1.29 is 4.79 Å². The number of benzene rings is 1. The fraction of sp³-hybridized carbons (Fsp3) is 0.333. The molecule has 1 aromatic carbocycles. The predicted molar refractivity (Wildman–Crippen MR) is 79.4 cm³/mol. The summed E-state index contributed by atoms with van der Waals surface area (Å²) in [5, 5.41) is 7.11. The highest BCUT2D eigenvalue weighted by atomic mass is 16.2. The minimum absolute atomic E-state index is 0.0273. The van der Waals surface area contributed by atoms with Crippen LogP contribution in [0.4, 0.5) is 5.69 Å². The van der Waals surface area contributed by atoms with E-state index in [2.05, 4.69) is 10.4 Å². The highest BCUT2D eigenvalue weighted by Crippen LogP contribution is 2.15. The van der Waals surface area contributed by atoms with E-state index in [1.807, 2.05) is 37.3 Å². The van der Waals surface area contributed by atoms with E-state index in [0.717, 1.165) is 6.42 Å². The molecule has 106 valence electrons. The summed E-state index contributed by atoms with van der Waals surface area (Å²) in [4.78, 5) is 12.2. The highest BCUT2D eigenvalue weighted by molar-refractivity contribution is 5.98. The lowest BCUT2D eigenvalue weighted by molar-refractivity contribution is 0.0931. The van der Waals surface area contributed by atoms with E-state index < -0.39 is 0 Å². The monoisotopic (exact) mass is 272 g/mol. The number of nitrogens with two attached hydrogens (primary N) is 1. The standard InChI is InChI=1S/C15H20N4O/c1-10(9-12-7-5-4-6-8-12)17-15(20)14-13(16)11(2)18-19(14)3/h4-8,10H,9,16H2,1-3H3,(H,17,20). The summed E-state index contributed by atoms with van der Waals surface area (Å²) in [6, 6.07) is 10.1. The van der Waals surface area contributed by atoms with Crippen molar-refractivity contribution in [1.82, 2.24) is 15.1 Å². The number of rotatable bonds is 4. The zero-order chi connectivity index (χ0) is 14.7. The molecule has 0 saturated carbocycles. The molecule has 0 aliphatic carbocycles. The van der Waals surface area contributed by atoms with Gasteiger partial charge in [-0.2, -0.15) is 5.10 Å². The first-order valence-corrected chi connectivity index (χ1v) is 6.63. The minimum atomic E-state index is -0.186. The molecule has 0 radical (unpaired) electrons. The Morgan fingerprint density at radius 1 is 1.40 bits per heavy atom. The average molecular weight is 272 g/mol. The Kier molecular flexibility index (Phi) is 4.08. The van der Waals surface area contributed by atoms with E-state index in [9.17, 15) is 4.79 Å². The van der Waals surface area contributed by atoms with Gasteiger partial charge in [0.1, 0.15) is 5.69 Å². The van der Waals surface area contributed by atoms with Crippen molar-refractivity contribution in [2.45, 2.75) is 26.3 Å². The van der Waals surface area contributed by atoms with Gasteiger partial charge in [0.25, 0.3) is 5.91 Å². The first kappa shape index (κ1) is 14.1. The van der Waals surface area contributed by atoms with Gasteiger partial charge in [0.15, 0.2) is 0 Å². The quantitative estimate of drug-likeness (QED) is 0.889. The zero-order valence-electron chi connectivity index (χ0n) is 12.1. The summed E-state index contributed by atoms with van der Waals surface area (Å²) in [7, 11) is 1.72. The molecule has 2 rings (SSSR count). The first-order valence-electron chi connectivity index (χ1n) is 6.63. The molecule has 1 unspecified atom stereocenters. The Bertz CT molecular complexity index is 604. The zero-order valence-corrected chi connectivity index (χ0v) is 12.1. The maximum absolute atomic E-state index is 12.2. The maximum Gasteiger partial charge on any atom is 0.271 e. The lowest BCUT2D eigenvalue weighted by atomic mass is 10.1. The largest absolute Gasteiger partial charge is 0.395 e. The van der Waals surface area contributed by atoms with Gasteiger partial charge in [-0.15, -0.1) is 0 Å². The number of hydrogen-bond donors (Lipinski definition) is 2. The second-order valence-corrected chi connectivity index (χ2v) is 5.04. The highest BCUT2D eigenvalue weighted by Gasteiger charge is 2.19. The lowest BCUT2D eigenvalue weighted by Gasteiger charge is -2.14. The van der Waals surface area contributed by atoms with Crippen molar-refractivity contribution in [2.75, 3.05) is 5.73 Å². The molecule has 5 nitrogen and oxygen atoms in total. The van der Waals surface area contributed by atoms with Crippen LogP contribution in [0.15, 0.2) is 30.3 Å². The van der Waals surface area contributed by atoms with Crippen molar-refractivity contribution in [1.29, 1.82) is 0 Å². The smallest absolute Gasteiger partial charge is 0.271 e. The van der Waals surface area contributed by atoms with Crippen LogP contribution in [0.3, 0.4) is 0 Å². The van der Waals surface area contributed by atoms with Crippen LogP contribution in [-0.4, -0.2) is 21.7 Å². The van der Waals surface area contributed by atoms with E-state index in [-0.39, 0.29) is 11.9 Å².